The van der Waals surface area contributed by atoms with Crippen LogP contribution in [0.3, 0.4) is 0 Å². The zero-order valence-electron chi connectivity index (χ0n) is 17.9. The van der Waals surface area contributed by atoms with Crippen LogP contribution >= 0.6 is 22.6 Å². The van der Waals surface area contributed by atoms with E-state index in [-0.39, 0.29) is 29.0 Å². The van der Waals surface area contributed by atoms with Gasteiger partial charge < -0.3 is 9.31 Å². The second-order valence-corrected chi connectivity index (χ2v) is 11.0. The van der Waals surface area contributed by atoms with E-state index in [0.717, 1.165) is 12.8 Å². The highest BCUT2D eigenvalue weighted by atomic mass is 127. The molecule has 0 radical (unpaired) electrons. The molecule has 1 atom stereocenters. The molecule has 1 heterocycles. The van der Waals surface area contributed by atoms with Crippen molar-refractivity contribution in [2.75, 3.05) is 0 Å². The van der Waals surface area contributed by atoms with Crippen LogP contribution in [0.2, 0.25) is 5.31 Å². The van der Waals surface area contributed by atoms with Crippen LogP contribution in [-0.2, 0) is 15.7 Å². The lowest BCUT2D eigenvalue weighted by molar-refractivity contribution is 0.00578. The third-order valence-corrected chi connectivity index (χ3v) is 7.69. The molecule has 0 aliphatic carbocycles. The molecule has 2 rings (SSSR count). The molecule has 1 aromatic carbocycles. The number of rotatable bonds is 6. The van der Waals surface area contributed by atoms with Gasteiger partial charge in [0.05, 0.1) is 11.2 Å². The summed E-state index contributed by atoms with van der Waals surface area (Å²) in [6.45, 7) is 18.0. The first-order valence-corrected chi connectivity index (χ1v) is 11.0. The maximum Gasteiger partial charge on any atom is 0.465 e. The molecule has 2 nitrogen and oxygen atoms in total. The van der Waals surface area contributed by atoms with Gasteiger partial charge in [-0.1, -0.05) is 58.7 Å². The van der Waals surface area contributed by atoms with E-state index in [1.807, 2.05) is 0 Å². The van der Waals surface area contributed by atoms with Crippen LogP contribution in [0.5, 0.6) is 0 Å². The Morgan fingerprint density at radius 3 is 2.00 bits per heavy atom. The highest BCUT2D eigenvalue weighted by molar-refractivity contribution is 14.1. The molecule has 146 valence electrons. The summed E-state index contributed by atoms with van der Waals surface area (Å²) in [5.74, 6) is 0. The number of unbranched alkanes of at least 4 members (excludes halogenated alkanes) is 1. The predicted octanol–water partition coefficient (Wildman–Crippen LogP) is 6.90. The lowest BCUT2D eigenvalue weighted by atomic mass is 9.42. The van der Waals surface area contributed by atoms with Gasteiger partial charge in [-0.25, -0.2) is 0 Å². The van der Waals surface area contributed by atoms with Crippen molar-refractivity contribution in [1.82, 2.24) is 0 Å². The molecular weight excluding hydrogens is 434 g/mol. The van der Waals surface area contributed by atoms with Crippen molar-refractivity contribution in [1.29, 1.82) is 0 Å². The summed E-state index contributed by atoms with van der Waals surface area (Å²) in [5, 5.41) is -0.0741. The van der Waals surface area contributed by atoms with Crippen LogP contribution in [0, 0.1) is 8.99 Å². The number of halogens is 1. The molecule has 0 N–H and O–H groups in total. The van der Waals surface area contributed by atoms with Crippen molar-refractivity contribution in [2.45, 2.75) is 97.6 Å². The van der Waals surface area contributed by atoms with Gasteiger partial charge in [-0.05, 0) is 80.2 Å². The van der Waals surface area contributed by atoms with Crippen LogP contribution in [0.25, 0.3) is 0 Å². The molecule has 1 saturated heterocycles. The minimum atomic E-state index is -0.301. The lowest BCUT2D eigenvalue weighted by Crippen LogP contribution is -2.46. The molecule has 1 unspecified atom stereocenters. The van der Waals surface area contributed by atoms with Crippen LogP contribution in [0.15, 0.2) is 24.3 Å². The number of hydrogen-bond acceptors (Lipinski definition) is 2. The van der Waals surface area contributed by atoms with E-state index in [2.05, 4.69) is 102 Å². The lowest BCUT2D eigenvalue weighted by Gasteiger charge is -2.46. The monoisotopic (exact) mass is 470 g/mol. The van der Waals surface area contributed by atoms with E-state index >= 15 is 0 Å². The first-order chi connectivity index (χ1) is 11.9. The zero-order chi connectivity index (χ0) is 19.8. The summed E-state index contributed by atoms with van der Waals surface area (Å²) in [6, 6.07) is 8.73. The van der Waals surface area contributed by atoms with Crippen molar-refractivity contribution in [2.24, 2.45) is 5.41 Å². The van der Waals surface area contributed by atoms with Gasteiger partial charge in [0.15, 0.2) is 0 Å². The molecule has 1 aromatic rings. The van der Waals surface area contributed by atoms with Gasteiger partial charge in [0.25, 0.3) is 0 Å². The largest absolute Gasteiger partial charge is 0.465 e. The van der Waals surface area contributed by atoms with Gasteiger partial charge in [0.2, 0.25) is 0 Å². The van der Waals surface area contributed by atoms with E-state index in [0.29, 0.717) is 0 Å². The minimum Gasteiger partial charge on any atom is -0.403 e. The van der Waals surface area contributed by atoms with E-state index in [1.165, 1.54) is 22.0 Å². The maximum absolute atomic E-state index is 6.64. The molecular formula is C22H36BIO2. The molecule has 0 bridgehead atoms. The number of benzene rings is 1. The summed E-state index contributed by atoms with van der Waals surface area (Å²) >= 11 is 2.46. The van der Waals surface area contributed by atoms with E-state index in [9.17, 15) is 0 Å². The Hall–Kier alpha value is -0.0651. The van der Waals surface area contributed by atoms with Gasteiger partial charge in [-0.2, -0.15) is 0 Å². The van der Waals surface area contributed by atoms with Crippen molar-refractivity contribution >= 4 is 29.7 Å². The van der Waals surface area contributed by atoms with Crippen LogP contribution in [-0.4, -0.2) is 18.3 Å². The Morgan fingerprint density at radius 1 is 1.00 bits per heavy atom. The summed E-state index contributed by atoms with van der Waals surface area (Å²) in [6.07, 6.45) is 4.45. The maximum atomic E-state index is 6.64. The summed E-state index contributed by atoms with van der Waals surface area (Å²) in [5.41, 5.74) is 0.852. The molecule has 1 aliphatic rings. The van der Waals surface area contributed by atoms with E-state index in [1.54, 1.807) is 0 Å². The highest BCUT2D eigenvalue weighted by Gasteiger charge is 2.62. The highest BCUT2D eigenvalue weighted by Crippen LogP contribution is 2.58. The second kappa shape index (κ2) is 7.75. The third kappa shape index (κ3) is 4.17. The van der Waals surface area contributed by atoms with E-state index < -0.39 is 0 Å². The fourth-order valence-corrected chi connectivity index (χ4v) is 4.40. The fourth-order valence-electron chi connectivity index (χ4n) is 3.83. The minimum absolute atomic E-state index is 0.0578. The Morgan fingerprint density at radius 2 is 1.54 bits per heavy atom. The van der Waals surface area contributed by atoms with Crippen molar-refractivity contribution in [3.63, 3.8) is 0 Å². The normalized spacial score (nSPS) is 21.7. The van der Waals surface area contributed by atoms with Gasteiger partial charge in [-0.15, -0.1) is 0 Å². The standard InChI is InChI=1S/C22H36BIO2/c1-9-10-15-22(19(2,3)4,16-17-13-11-12-14-18(17)24)23-25-20(5,6)21(7,8)26-23/h11-14H,9-10,15-16H2,1-8H3. The van der Waals surface area contributed by atoms with Crippen LogP contribution in [0.1, 0.15) is 80.2 Å². The Balaban J connectivity index is 2.52. The molecule has 0 saturated carbocycles. The third-order valence-electron chi connectivity index (χ3n) is 6.64. The predicted molar refractivity (Wildman–Crippen MR) is 121 cm³/mol. The first kappa shape index (κ1) is 22.2. The molecule has 26 heavy (non-hydrogen) atoms. The van der Waals surface area contributed by atoms with Gasteiger partial charge in [0, 0.05) is 8.88 Å². The average Bonchev–Trinajstić information content (AvgIpc) is 2.72. The Bertz CT molecular complexity index is 605. The smallest absolute Gasteiger partial charge is 0.403 e. The van der Waals surface area contributed by atoms with Crippen LogP contribution in [0.4, 0.5) is 0 Å². The van der Waals surface area contributed by atoms with Crippen molar-refractivity contribution in [3.8, 4) is 0 Å². The molecule has 1 fully saturated rings. The zero-order valence-corrected chi connectivity index (χ0v) is 20.1. The number of hydrogen-bond donors (Lipinski definition) is 0. The topological polar surface area (TPSA) is 18.5 Å². The second-order valence-electron chi connectivity index (χ2n) is 9.87. The summed E-state index contributed by atoms with van der Waals surface area (Å²) in [7, 11) is -0.199. The average molecular weight is 470 g/mol. The first-order valence-electron chi connectivity index (χ1n) is 9.95. The van der Waals surface area contributed by atoms with E-state index in [4.69, 9.17) is 9.31 Å². The molecule has 0 aromatic heterocycles. The molecule has 4 heteroatoms. The Labute approximate surface area is 175 Å². The van der Waals surface area contributed by atoms with Gasteiger partial charge in [-0.3, -0.25) is 0 Å². The summed E-state index contributed by atoms with van der Waals surface area (Å²) < 4.78 is 14.6. The quantitative estimate of drug-likeness (QED) is 0.333. The Kier molecular flexibility index (Phi) is 6.62. The van der Waals surface area contributed by atoms with Crippen molar-refractivity contribution in [3.05, 3.63) is 33.4 Å². The van der Waals surface area contributed by atoms with Gasteiger partial charge in [0.1, 0.15) is 0 Å². The summed E-state index contributed by atoms with van der Waals surface area (Å²) in [4.78, 5) is 0. The van der Waals surface area contributed by atoms with Crippen LogP contribution < -0.4 is 0 Å². The molecule has 0 amide bonds. The van der Waals surface area contributed by atoms with Crippen molar-refractivity contribution < 1.29 is 9.31 Å². The fraction of sp³-hybridized carbons (Fsp3) is 0.727. The van der Waals surface area contributed by atoms with Gasteiger partial charge >= 0.3 is 7.12 Å². The molecule has 1 aliphatic heterocycles. The SMILES string of the molecule is CCCCC(Cc1ccccc1I)(B1OC(C)(C)C(C)(C)O1)C(C)(C)C. The molecule has 0 spiro atoms.